The molecule has 1 amide bonds. The molecule has 0 fully saturated rings. The van der Waals surface area contributed by atoms with Crippen molar-refractivity contribution in [3.63, 3.8) is 0 Å². The Hall–Kier alpha value is -1.91. The second kappa shape index (κ2) is 10.8. The zero-order chi connectivity index (χ0) is 17.9. The largest absolute Gasteiger partial charge is 0.493 e. The molecule has 1 rings (SSSR count). The Morgan fingerprint density at radius 3 is 2.21 bits per heavy atom. The number of nitrogens with one attached hydrogen (secondary N) is 1. The maximum absolute atomic E-state index is 12.4. The monoisotopic (exact) mass is 337 g/mol. The van der Waals surface area contributed by atoms with Gasteiger partial charge in [-0.2, -0.15) is 0 Å². The third-order valence-corrected chi connectivity index (χ3v) is 3.94. The van der Waals surface area contributed by atoms with Crippen LogP contribution in [0.4, 0.5) is 0 Å². The summed E-state index contributed by atoms with van der Waals surface area (Å²) in [6.07, 6.45) is 5.87. The summed E-state index contributed by atoms with van der Waals surface area (Å²) in [4.78, 5) is 12.4. The number of benzene rings is 1. The summed E-state index contributed by atoms with van der Waals surface area (Å²) in [5.74, 6) is 1.97. The van der Waals surface area contributed by atoms with E-state index in [9.17, 15) is 4.79 Å². The van der Waals surface area contributed by atoms with E-state index in [1.165, 1.54) is 33.5 Å². The van der Waals surface area contributed by atoms with Gasteiger partial charge in [0.05, 0.1) is 26.9 Å². The smallest absolute Gasteiger partial charge is 0.255 e. The van der Waals surface area contributed by atoms with Crippen LogP contribution in [0.3, 0.4) is 0 Å². The van der Waals surface area contributed by atoms with Gasteiger partial charge in [-0.25, -0.2) is 0 Å². The highest BCUT2D eigenvalue weighted by molar-refractivity contribution is 5.98. The molecule has 0 saturated carbocycles. The first-order valence-corrected chi connectivity index (χ1v) is 8.62. The molecule has 0 aliphatic carbocycles. The topological polar surface area (TPSA) is 56.8 Å². The molecule has 0 bridgehead atoms. The van der Waals surface area contributed by atoms with E-state index in [0.717, 1.165) is 18.8 Å². The van der Waals surface area contributed by atoms with Gasteiger partial charge in [0.1, 0.15) is 0 Å². The lowest BCUT2D eigenvalue weighted by Crippen LogP contribution is -2.25. The van der Waals surface area contributed by atoms with Crippen LogP contribution in [0.1, 0.15) is 56.3 Å². The number of methoxy groups -OCH3 is 3. The molecule has 1 N–H and O–H groups in total. The highest BCUT2D eigenvalue weighted by atomic mass is 16.5. The van der Waals surface area contributed by atoms with E-state index < -0.39 is 0 Å². The first kappa shape index (κ1) is 20.1. The average Bonchev–Trinajstić information content (AvgIpc) is 2.58. The standard InChI is InChI=1S/C19H31NO4/c1-14(2)10-8-6-7-9-13-20-19(21)15-11-12-16(22-3)18(24-5)17(15)23-4/h11-12,14H,6-10,13H2,1-5H3,(H,20,21). The third-order valence-electron chi connectivity index (χ3n) is 3.94. The minimum Gasteiger partial charge on any atom is -0.493 e. The van der Waals surface area contributed by atoms with E-state index in [1.54, 1.807) is 19.2 Å². The van der Waals surface area contributed by atoms with Gasteiger partial charge in [0.15, 0.2) is 11.5 Å². The summed E-state index contributed by atoms with van der Waals surface area (Å²) >= 11 is 0. The lowest BCUT2D eigenvalue weighted by Gasteiger charge is -2.15. The molecule has 24 heavy (non-hydrogen) atoms. The van der Waals surface area contributed by atoms with E-state index in [4.69, 9.17) is 14.2 Å². The second-order valence-electron chi connectivity index (χ2n) is 6.23. The molecule has 0 aromatic heterocycles. The van der Waals surface area contributed by atoms with Crippen LogP contribution < -0.4 is 19.5 Å². The number of hydrogen-bond donors (Lipinski definition) is 1. The fourth-order valence-electron chi connectivity index (χ4n) is 2.61. The molecule has 0 radical (unpaired) electrons. The summed E-state index contributed by atoms with van der Waals surface area (Å²) in [6.45, 7) is 5.16. The number of carbonyl (C=O) groups is 1. The van der Waals surface area contributed by atoms with Crippen LogP contribution >= 0.6 is 0 Å². The summed E-state index contributed by atoms with van der Waals surface area (Å²) in [5.41, 5.74) is 0.454. The fourth-order valence-corrected chi connectivity index (χ4v) is 2.61. The maximum Gasteiger partial charge on any atom is 0.255 e. The van der Waals surface area contributed by atoms with Crippen molar-refractivity contribution in [2.75, 3.05) is 27.9 Å². The first-order chi connectivity index (χ1) is 11.5. The lowest BCUT2D eigenvalue weighted by molar-refractivity contribution is 0.0949. The Morgan fingerprint density at radius 1 is 0.958 bits per heavy atom. The third kappa shape index (κ3) is 5.95. The minimum atomic E-state index is -0.157. The number of amides is 1. The first-order valence-electron chi connectivity index (χ1n) is 8.62. The van der Waals surface area contributed by atoms with E-state index in [0.29, 0.717) is 29.4 Å². The predicted molar refractivity (Wildman–Crippen MR) is 96.4 cm³/mol. The van der Waals surface area contributed by atoms with Crippen LogP contribution in [0.15, 0.2) is 12.1 Å². The van der Waals surface area contributed by atoms with Gasteiger partial charge < -0.3 is 19.5 Å². The minimum absolute atomic E-state index is 0.157. The Morgan fingerprint density at radius 2 is 1.62 bits per heavy atom. The molecular formula is C19H31NO4. The second-order valence-corrected chi connectivity index (χ2v) is 6.23. The van der Waals surface area contributed by atoms with Crippen molar-refractivity contribution in [3.8, 4) is 17.2 Å². The molecule has 1 aromatic carbocycles. The van der Waals surface area contributed by atoms with E-state index in [-0.39, 0.29) is 5.91 Å². The summed E-state index contributed by atoms with van der Waals surface area (Å²) in [6, 6.07) is 3.40. The van der Waals surface area contributed by atoms with Crippen LogP contribution in [-0.4, -0.2) is 33.8 Å². The normalized spacial score (nSPS) is 10.6. The number of unbranched alkanes of at least 4 members (excludes halogenated alkanes) is 3. The van der Waals surface area contributed by atoms with Crippen LogP contribution in [0.25, 0.3) is 0 Å². The van der Waals surface area contributed by atoms with Gasteiger partial charge in [0.2, 0.25) is 5.75 Å². The van der Waals surface area contributed by atoms with Gasteiger partial charge in [-0.15, -0.1) is 0 Å². The molecule has 0 spiro atoms. The van der Waals surface area contributed by atoms with Gasteiger partial charge >= 0.3 is 0 Å². The summed E-state index contributed by atoms with van der Waals surface area (Å²) in [5, 5.41) is 2.95. The van der Waals surface area contributed by atoms with Gasteiger partial charge in [-0.1, -0.05) is 39.5 Å². The zero-order valence-electron chi connectivity index (χ0n) is 15.6. The molecule has 0 aliphatic heterocycles. The number of hydrogen-bond acceptors (Lipinski definition) is 4. The molecule has 0 atom stereocenters. The van der Waals surface area contributed by atoms with Gasteiger partial charge in [-0.05, 0) is 24.5 Å². The molecule has 5 nitrogen and oxygen atoms in total. The van der Waals surface area contributed by atoms with Gasteiger partial charge in [0, 0.05) is 6.54 Å². The van der Waals surface area contributed by atoms with Gasteiger partial charge in [-0.3, -0.25) is 4.79 Å². The highest BCUT2D eigenvalue weighted by Crippen LogP contribution is 2.39. The van der Waals surface area contributed by atoms with E-state index >= 15 is 0 Å². The van der Waals surface area contributed by atoms with Crippen LogP contribution in [0, 0.1) is 5.92 Å². The van der Waals surface area contributed by atoms with E-state index in [2.05, 4.69) is 19.2 Å². The quantitative estimate of drug-likeness (QED) is 0.619. The highest BCUT2D eigenvalue weighted by Gasteiger charge is 2.20. The maximum atomic E-state index is 12.4. The van der Waals surface area contributed by atoms with Crippen molar-refractivity contribution in [3.05, 3.63) is 17.7 Å². The molecular weight excluding hydrogens is 306 g/mol. The molecule has 0 saturated heterocycles. The molecule has 136 valence electrons. The Bertz CT molecular complexity index is 514. The average molecular weight is 337 g/mol. The van der Waals surface area contributed by atoms with Crippen molar-refractivity contribution in [1.82, 2.24) is 5.32 Å². The van der Waals surface area contributed by atoms with E-state index in [1.807, 2.05) is 0 Å². The van der Waals surface area contributed by atoms with Crippen molar-refractivity contribution >= 4 is 5.91 Å². The Balaban J connectivity index is 2.53. The molecule has 5 heteroatoms. The predicted octanol–water partition coefficient (Wildman–Crippen LogP) is 4.05. The number of carbonyl (C=O) groups excluding carboxylic acids is 1. The van der Waals surface area contributed by atoms with Crippen molar-refractivity contribution in [1.29, 1.82) is 0 Å². The zero-order valence-corrected chi connectivity index (χ0v) is 15.6. The molecule has 0 heterocycles. The Labute approximate surface area is 145 Å². The van der Waals surface area contributed by atoms with Crippen LogP contribution in [0.2, 0.25) is 0 Å². The molecule has 0 unspecified atom stereocenters. The van der Waals surface area contributed by atoms with Crippen molar-refractivity contribution in [2.45, 2.75) is 46.0 Å². The molecule has 1 aromatic rings. The SMILES string of the molecule is COc1ccc(C(=O)NCCCCCCC(C)C)c(OC)c1OC. The summed E-state index contributed by atoms with van der Waals surface area (Å²) < 4.78 is 15.9. The lowest BCUT2D eigenvalue weighted by atomic mass is 10.0. The summed E-state index contributed by atoms with van der Waals surface area (Å²) in [7, 11) is 4.60. The van der Waals surface area contributed by atoms with Crippen molar-refractivity contribution < 1.29 is 19.0 Å². The fraction of sp³-hybridized carbons (Fsp3) is 0.632. The molecule has 0 aliphatic rings. The van der Waals surface area contributed by atoms with Crippen LogP contribution in [0.5, 0.6) is 17.2 Å². The number of rotatable bonds is 11. The van der Waals surface area contributed by atoms with Crippen LogP contribution in [-0.2, 0) is 0 Å². The number of ether oxygens (including phenoxy) is 3. The van der Waals surface area contributed by atoms with Gasteiger partial charge in [0.25, 0.3) is 5.91 Å². The Kier molecular flexibility index (Phi) is 9.05. The van der Waals surface area contributed by atoms with Crippen molar-refractivity contribution in [2.24, 2.45) is 5.92 Å².